The molecule has 1 fully saturated rings. The minimum absolute atomic E-state index is 0.396. The Morgan fingerprint density at radius 1 is 0.488 bits per heavy atom. The molecule has 5 aromatic rings. The highest BCUT2D eigenvalue weighted by Crippen LogP contribution is 2.63. The topological polar surface area (TPSA) is 18.5 Å². The predicted octanol–water partition coefficient (Wildman–Crippen LogP) is 8.30. The molecule has 1 saturated heterocycles. The van der Waals surface area contributed by atoms with Crippen LogP contribution < -0.4 is 5.46 Å². The molecule has 1 spiro atoms. The van der Waals surface area contributed by atoms with Gasteiger partial charge in [0.2, 0.25) is 0 Å². The van der Waals surface area contributed by atoms with E-state index < -0.39 is 23.7 Å². The lowest BCUT2D eigenvalue weighted by Crippen LogP contribution is -2.41. The number of benzene rings is 5. The maximum Gasteiger partial charge on any atom is 0.494 e. The molecule has 0 saturated carbocycles. The highest BCUT2D eigenvalue weighted by Gasteiger charge is 2.54. The fourth-order valence-corrected chi connectivity index (χ4v) is 7.29. The number of rotatable bonds is 2. The van der Waals surface area contributed by atoms with Crippen LogP contribution >= 0.6 is 0 Å². The zero-order valence-corrected chi connectivity index (χ0v) is 24.3. The maximum absolute atomic E-state index is 6.54. The fourth-order valence-electron chi connectivity index (χ4n) is 7.29. The van der Waals surface area contributed by atoms with E-state index >= 15 is 0 Å². The Bertz CT molecular complexity index is 1820. The molecule has 1 aliphatic heterocycles. The van der Waals surface area contributed by atoms with Gasteiger partial charge >= 0.3 is 7.12 Å². The van der Waals surface area contributed by atoms with Gasteiger partial charge in [-0.15, -0.1) is 0 Å². The van der Waals surface area contributed by atoms with E-state index in [1.807, 2.05) is 0 Å². The lowest BCUT2D eigenvalue weighted by molar-refractivity contribution is 0.00578. The second kappa shape index (κ2) is 8.32. The van der Waals surface area contributed by atoms with Crippen LogP contribution in [0.15, 0.2) is 109 Å². The van der Waals surface area contributed by atoms with Crippen molar-refractivity contribution >= 4 is 12.6 Å². The van der Waals surface area contributed by atoms with Crippen molar-refractivity contribution in [3.05, 3.63) is 137 Å². The molecule has 5 aromatic carbocycles. The van der Waals surface area contributed by atoms with Crippen molar-refractivity contribution in [1.82, 2.24) is 0 Å². The van der Waals surface area contributed by atoms with Gasteiger partial charge in [-0.25, -0.2) is 0 Å². The smallest absolute Gasteiger partial charge is 0.399 e. The van der Waals surface area contributed by atoms with Crippen molar-refractivity contribution in [2.45, 2.75) is 51.2 Å². The van der Waals surface area contributed by atoms with Crippen molar-refractivity contribution < 1.29 is 9.31 Å². The zero-order valence-electron chi connectivity index (χ0n) is 24.3. The van der Waals surface area contributed by atoms with Gasteiger partial charge in [-0.2, -0.15) is 0 Å². The summed E-state index contributed by atoms with van der Waals surface area (Å²) in [5, 5.41) is 0. The third-order valence-corrected chi connectivity index (χ3v) is 9.99. The van der Waals surface area contributed by atoms with E-state index in [0.717, 1.165) is 5.46 Å². The molecular weight excluding hydrogens is 499 g/mol. The number of aryl methyl sites for hydroxylation is 1. The molecule has 3 heteroatoms. The first-order valence-corrected chi connectivity index (χ1v) is 14.6. The molecule has 0 atom stereocenters. The van der Waals surface area contributed by atoms with Crippen LogP contribution in [-0.2, 0) is 14.7 Å². The Labute approximate surface area is 243 Å². The van der Waals surface area contributed by atoms with E-state index in [-0.39, 0.29) is 0 Å². The average molecular weight is 532 g/mol. The second-order valence-electron chi connectivity index (χ2n) is 12.9. The van der Waals surface area contributed by atoms with Gasteiger partial charge in [-0.05, 0) is 102 Å². The summed E-state index contributed by atoms with van der Waals surface area (Å²) in [7, 11) is -0.416. The summed E-state index contributed by atoms with van der Waals surface area (Å²) in [6.07, 6.45) is 0. The molecule has 200 valence electrons. The van der Waals surface area contributed by atoms with Crippen LogP contribution in [0.1, 0.15) is 55.5 Å². The van der Waals surface area contributed by atoms with Crippen molar-refractivity contribution in [3.8, 4) is 33.4 Å². The Hall–Kier alpha value is -3.92. The van der Waals surface area contributed by atoms with Crippen LogP contribution in [0.5, 0.6) is 0 Å². The summed E-state index contributed by atoms with van der Waals surface area (Å²) >= 11 is 0. The van der Waals surface area contributed by atoms with Gasteiger partial charge in [-0.1, -0.05) is 109 Å². The number of fused-ring (bicyclic) bond motifs is 10. The zero-order chi connectivity index (χ0) is 28.1. The van der Waals surface area contributed by atoms with Crippen LogP contribution in [0.4, 0.5) is 0 Å². The van der Waals surface area contributed by atoms with Crippen LogP contribution in [0.25, 0.3) is 33.4 Å². The predicted molar refractivity (Wildman–Crippen MR) is 169 cm³/mol. The van der Waals surface area contributed by atoms with E-state index in [4.69, 9.17) is 9.31 Å². The SMILES string of the molecule is Cc1cccc(-c2ccc3c(c2)C2(c4ccccc4-c4ccccc42)c2cc(B4OC(C)(C)C(C)(C)O4)ccc2-3)c1. The minimum atomic E-state index is -0.419. The van der Waals surface area contributed by atoms with Crippen molar-refractivity contribution in [2.75, 3.05) is 0 Å². The molecule has 0 amide bonds. The first kappa shape index (κ1) is 24.8. The third kappa shape index (κ3) is 3.28. The Morgan fingerprint density at radius 2 is 1.02 bits per heavy atom. The number of hydrogen-bond donors (Lipinski definition) is 0. The van der Waals surface area contributed by atoms with Crippen LogP contribution in [0, 0.1) is 6.92 Å². The molecule has 2 aliphatic carbocycles. The Morgan fingerprint density at radius 3 is 1.66 bits per heavy atom. The third-order valence-electron chi connectivity index (χ3n) is 9.99. The molecule has 0 unspecified atom stereocenters. The normalized spacial score (nSPS) is 18.2. The van der Waals surface area contributed by atoms with E-state index in [1.54, 1.807) is 0 Å². The molecule has 1 heterocycles. The van der Waals surface area contributed by atoms with Crippen LogP contribution in [0.2, 0.25) is 0 Å². The summed E-state index contributed by atoms with van der Waals surface area (Å²) in [6.45, 7) is 10.6. The molecule has 8 rings (SSSR count). The molecule has 0 N–H and O–H groups in total. The maximum atomic E-state index is 6.54. The van der Waals surface area contributed by atoms with E-state index in [0.29, 0.717) is 0 Å². The highest BCUT2D eigenvalue weighted by molar-refractivity contribution is 6.62. The Balaban J connectivity index is 1.42. The summed E-state index contributed by atoms with van der Waals surface area (Å²) in [5.74, 6) is 0. The highest BCUT2D eigenvalue weighted by atomic mass is 16.7. The molecular formula is C38H33BO2. The summed E-state index contributed by atoms with van der Waals surface area (Å²) in [5.41, 5.74) is 14.1. The monoisotopic (exact) mass is 532 g/mol. The van der Waals surface area contributed by atoms with E-state index in [1.165, 1.54) is 61.2 Å². The van der Waals surface area contributed by atoms with Crippen molar-refractivity contribution in [1.29, 1.82) is 0 Å². The van der Waals surface area contributed by atoms with Gasteiger partial charge in [0.25, 0.3) is 0 Å². The molecule has 3 aliphatic rings. The second-order valence-corrected chi connectivity index (χ2v) is 12.9. The van der Waals surface area contributed by atoms with Gasteiger partial charge in [0.15, 0.2) is 0 Å². The largest absolute Gasteiger partial charge is 0.494 e. The standard InChI is InChI=1S/C38H33BO2/c1-24-11-10-12-25(21-24)26-17-19-30-31-20-18-27(39-40-36(2,3)37(4,5)41-39)23-35(31)38(34(30)22-26)32-15-8-6-13-28(32)29-14-7-9-16-33(29)38/h6-23H,1-5H3. The van der Waals surface area contributed by atoms with Gasteiger partial charge in [0, 0.05) is 0 Å². The lowest BCUT2D eigenvalue weighted by atomic mass is 9.68. The lowest BCUT2D eigenvalue weighted by Gasteiger charge is -2.32. The van der Waals surface area contributed by atoms with Crippen LogP contribution in [0.3, 0.4) is 0 Å². The van der Waals surface area contributed by atoms with E-state index in [9.17, 15) is 0 Å². The Kier molecular flexibility index (Phi) is 5.04. The van der Waals surface area contributed by atoms with Crippen molar-refractivity contribution in [3.63, 3.8) is 0 Å². The van der Waals surface area contributed by atoms with Gasteiger partial charge < -0.3 is 9.31 Å². The molecule has 0 radical (unpaired) electrons. The molecule has 41 heavy (non-hydrogen) atoms. The quantitative estimate of drug-likeness (QED) is 0.209. The molecule has 2 nitrogen and oxygen atoms in total. The number of hydrogen-bond acceptors (Lipinski definition) is 2. The summed E-state index contributed by atoms with van der Waals surface area (Å²) < 4.78 is 13.1. The molecule has 0 aromatic heterocycles. The minimum Gasteiger partial charge on any atom is -0.399 e. The van der Waals surface area contributed by atoms with Crippen LogP contribution in [-0.4, -0.2) is 18.3 Å². The average Bonchev–Trinajstić information content (AvgIpc) is 3.51. The first-order valence-electron chi connectivity index (χ1n) is 14.6. The van der Waals surface area contributed by atoms with Crippen molar-refractivity contribution in [2.24, 2.45) is 0 Å². The fraction of sp³-hybridized carbons (Fsp3) is 0.211. The van der Waals surface area contributed by atoms with Gasteiger partial charge in [0.1, 0.15) is 0 Å². The summed E-state index contributed by atoms with van der Waals surface area (Å²) in [6, 6.07) is 40.6. The van der Waals surface area contributed by atoms with Gasteiger partial charge in [0.05, 0.1) is 16.6 Å². The van der Waals surface area contributed by atoms with E-state index in [2.05, 4.69) is 144 Å². The van der Waals surface area contributed by atoms with Gasteiger partial charge in [-0.3, -0.25) is 0 Å². The first-order chi connectivity index (χ1) is 19.7. The molecule has 0 bridgehead atoms. The summed E-state index contributed by atoms with van der Waals surface area (Å²) in [4.78, 5) is 0.